The van der Waals surface area contributed by atoms with E-state index >= 15 is 0 Å². The lowest BCUT2D eigenvalue weighted by molar-refractivity contribution is 0.441. The number of rotatable bonds is 6. The number of nitrogens with zero attached hydrogens (tertiary/aromatic N) is 1. The molecule has 8 heteroatoms. The van der Waals surface area contributed by atoms with Gasteiger partial charge in [-0.1, -0.05) is 42.8 Å². The van der Waals surface area contributed by atoms with Crippen LogP contribution in [0.1, 0.15) is 25.8 Å². The van der Waals surface area contributed by atoms with Gasteiger partial charge < -0.3 is 4.42 Å². The molecule has 0 aliphatic heterocycles. The van der Waals surface area contributed by atoms with Crippen LogP contribution < -0.4 is 0 Å². The number of hydrogen-bond donors (Lipinski definition) is 0. The van der Waals surface area contributed by atoms with Gasteiger partial charge in [0, 0.05) is 5.56 Å². The van der Waals surface area contributed by atoms with Crippen molar-refractivity contribution in [2.24, 2.45) is 0 Å². The van der Waals surface area contributed by atoms with Crippen LogP contribution in [0.15, 0.2) is 74.0 Å². The van der Waals surface area contributed by atoms with Crippen molar-refractivity contribution in [2.75, 3.05) is 0 Å². The van der Waals surface area contributed by atoms with Crippen LogP contribution in [-0.2, 0) is 19.7 Å². The van der Waals surface area contributed by atoms with Gasteiger partial charge in [-0.3, -0.25) is 0 Å². The zero-order valence-corrected chi connectivity index (χ0v) is 17.4. The molecule has 0 fully saturated rings. The molecule has 148 valence electrons. The monoisotopic (exact) mass is 419 g/mol. The lowest BCUT2D eigenvalue weighted by Crippen LogP contribution is -2.19. The van der Waals surface area contributed by atoms with Gasteiger partial charge in [0.15, 0.2) is 0 Å². The molecule has 3 aromatic rings. The van der Waals surface area contributed by atoms with E-state index in [-0.39, 0.29) is 10.8 Å². The van der Waals surface area contributed by atoms with E-state index in [1.54, 1.807) is 37.3 Å². The maximum Gasteiger partial charge on any atom is 0.258 e. The molecule has 0 spiro atoms. The third-order valence-corrected chi connectivity index (χ3v) is 8.53. The van der Waals surface area contributed by atoms with Crippen LogP contribution in [0.4, 0.5) is 0 Å². The predicted octanol–water partition coefficient (Wildman–Crippen LogP) is 4.06. The SMILES string of the molecule is CC[C@H](C)S(=O)(=O)c1oc(-c2ccc(C)cc2)nc1S(=O)(=O)c1ccccc1. The van der Waals surface area contributed by atoms with Gasteiger partial charge in [0.2, 0.25) is 30.6 Å². The molecule has 28 heavy (non-hydrogen) atoms. The Kier molecular flexibility index (Phi) is 5.45. The Bertz CT molecular complexity index is 1180. The van der Waals surface area contributed by atoms with E-state index in [0.29, 0.717) is 12.0 Å². The van der Waals surface area contributed by atoms with E-state index < -0.39 is 35.0 Å². The topological polar surface area (TPSA) is 94.3 Å². The minimum absolute atomic E-state index is 0.0423. The van der Waals surface area contributed by atoms with Gasteiger partial charge in [0.05, 0.1) is 10.1 Å². The van der Waals surface area contributed by atoms with Gasteiger partial charge in [0.25, 0.3) is 5.09 Å². The summed E-state index contributed by atoms with van der Waals surface area (Å²) in [5.74, 6) is -0.0450. The minimum Gasteiger partial charge on any atom is -0.423 e. The van der Waals surface area contributed by atoms with Crippen molar-refractivity contribution in [3.63, 3.8) is 0 Å². The molecule has 1 atom stereocenters. The van der Waals surface area contributed by atoms with Crippen LogP contribution in [0.25, 0.3) is 11.5 Å². The molecule has 0 unspecified atom stereocenters. The summed E-state index contributed by atoms with van der Waals surface area (Å²) in [6, 6.07) is 14.6. The number of sulfone groups is 2. The summed E-state index contributed by atoms with van der Waals surface area (Å²) in [6.45, 7) is 5.14. The zero-order chi connectivity index (χ0) is 20.5. The standard InChI is InChI=1S/C20H21NO5S2/c1-4-15(3)27(22,23)20-19(28(24,25)17-8-6-5-7-9-17)21-18(26-20)16-12-10-14(2)11-13-16/h5-13,15H,4H2,1-3H3/t15-/m0/s1. The molecule has 0 radical (unpaired) electrons. The van der Waals surface area contributed by atoms with Crippen LogP contribution in [0.5, 0.6) is 0 Å². The summed E-state index contributed by atoms with van der Waals surface area (Å²) >= 11 is 0. The van der Waals surface area contributed by atoms with E-state index in [1.165, 1.54) is 19.1 Å². The van der Waals surface area contributed by atoms with Crippen molar-refractivity contribution in [3.05, 3.63) is 60.2 Å². The first-order chi connectivity index (χ1) is 13.2. The van der Waals surface area contributed by atoms with Crippen molar-refractivity contribution < 1.29 is 21.3 Å². The van der Waals surface area contributed by atoms with Crippen LogP contribution in [0.2, 0.25) is 0 Å². The second kappa shape index (κ2) is 7.52. The van der Waals surface area contributed by atoms with Gasteiger partial charge >= 0.3 is 0 Å². The fraction of sp³-hybridized carbons (Fsp3) is 0.250. The van der Waals surface area contributed by atoms with Crippen molar-refractivity contribution in [3.8, 4) is 11.5 Å². The Morgan fingerprint density at radius 2 is 1.57 bits per heavy atom. The van der Waals surface area contributed by atoms with Gasteiger partial charge in [-0.25, -0.2) is 16.8 Å². The van der Waals surface area contributed by atoms with E-state index in [4.69, 9.17) is 4.42 Å². The lowest BCUT2D eigenvalue weighted by Gasteiger charge is -2.09. The van der Waals surface area contributed by atoms with Crippen LogP contribution in [0, 0.1) is 6.92 Å². The summed E-state index contributed by atoms with van der Waals surface area (Å²) in [5, 5.41) is -1.99. The Morgan fingerprint density at radius 1 is 0.964 bits per heavy atom. The Morgan fingerprint density at radius 3 is 2.14 bits per heavy atom. The van der Waals surface area contributed by atoms with Crippen molar-refractivity contribution in [1.82, 2.24) is 4.98 Å². The Balaban J connectivity index is 2.27. The molecule has 0 saturated heterocycles. The third-order valence-electron chi connectivity index (χ3n) is 4.54. The van der Waals surface area contributed by atoms with E-state index in [1.807, 2.05) is 19.1 Å². The number of benzene rings is 2. The average Bonchev–Trinajstić information content (AvgIpc) is 3.15. The van der Waals surface area contributed by atoms with Gasteiger partial charge in [-0.15, -0.1) is 0 Å². The summed E-state index contributed by atoms with van der Waals surface area (Å²) in [4.78, 5) is 4.07. The molecule has 0 aliphatic carbocycles. The number of aromatic nitrogens is 1. The molecule has 1 heterocycles. The summed E-state index contributed by atoms with van der Waals surface area (Å²) in [6.07, 6.45) is 0.313. The largest absolute Gasteiger partial charge is 0.423 e. The second-order valence-corrected chi connectivity index (χ2v) is 10.7. The van der Waals surface area contributed by atoms with Gasteiger partial charge in [-0.05, 0) is 44.5 Å². The molecule has 1 aromatic heterocycles. The normalized spacial score (nSPS) is 13.4. The molecular formula is C20H21NO5S2. The highest BCUT2D eigenvalue weighted by molar-refractivity contribution is 7.94. The van der Waals surface area contributed by atoms with Gasteiger partial charge in [0.1, 0.15) is 0 Å². The smallest absolute Gasteiger partial charge is 0.258 e. The predicted molar refractivity (Wildman–Crippen MR) is 106 cm³/mol. The quantitative estimate of drug-likeness (QED) is 0.598. The lowest BCUT2D eigenvalue weighted by atomic mass is 10.1. The first-order valence-corrected chi connectivity index (χ1v) is 11.8. The van der Waals surface area contributed by atoms with Crippen molar-refractivity contribution >= 4 is 19.7 Å². The fourth-order valence-electron chi connectivity index (χ4n) is 2.57. The second-order valence-electron chi connectivity index (χ2n) is 6.56. The number of oxazole rings is 1. The maximum atomic E-state index is 13.1. The van der Waals surface area contributed by atoms with Gasteiger partial charge in [-0.2, -0.15) is 4.98 Å². The maximum absolute atomic E-state index is 13.1. The minimum atomic E-state index is -4.17. The molecule has 0 bridgehead atoms. The molecule has 2 aromatic carbocycles. The van der Waals surface area contributed by atoms with E-state index in [0.717, 1.165) is 5.56 Å². The molecule has 6 nitrogen and oxygen atoms in total. The van der Waals surface area contributed by atoms with Crippen LogP contribution in [-0.4, -0.2) is 27.1 Å². The van der Waals surface area contributed by atoms with Crippen LogP contribution in [0.3, 0.4) is 0 Å². The number of aryl methyl sites for hydroxylation is 1. The third kappa shape index (κ3) is 3.62. The Hall–Kier alpha value is -2.45. The molecular weight excluding hydrogens is 398 g/mol. The van der Waals surface area contributed by atoms with E-state index in [9.17, 15) is 16.8 Å². The zero-order valence-electron chi connectivity index (χ0n) is 15.8. The fourth-order valence-corrected chi connectivity index (χ4v) is 5.74. The van der Waals surface area contributed by atoms with Crippen molar-refractivity contribution in [1.29, 1.82) is 0 Å². The summed E-state index contributed by atoms with van der Waals surface area (Å²) in [7, 11) is -8.19. The highest BCUT2D eigenvalue weighted by Gasteiger charge is 2.37. The summed E-state index contributed by atoms with van der Waals surface area (Å²) < 4.78 is 57.7. The molecule has 0 saturated carbocycles. The number of hydrogen-bond acceptors (Lipinski definition) is 6. The molecule has 0 N–H and O–H groups in total. The molecule has 0 aliphatic rings. The molecule has 3 rings (SSSR count). The molecule has 0 amide bonds. The van der Waals surface area contributed by atoms with Crippen molar-refractivity contribution in [2.45, 2.75) is 47.5 Å². The van der Waals surface area contributed by atoms with E-state index in [2.05, 4.69) is 4.98 Å². The first-order valence-electron chi connectivity index (χ1n) is 8.79. The highest BCUT2D eigenvalue weighted by atomic mass is 32.2. The highest BCUT2D eigenvalue weighted by Crippen LogP contribution is 2.34. The first kappa shape index (κ1) is 20.3. The average molecular weight is 420 g/mol. The summed E-state index contributed by atoms with van der Waals surface area (Å²) in [5.41, 5.74) is 1.50. The van der Waals surface area contributed by atoms with Crippen LogP contribution >= 0.6 is 0 Å². The Labute approximate surface area is 165 Å².